The molecule has 0 spiro atoms. The quantitative estimate of drug-likeness (QED) is 0.690. The number of amides is 1. The first kappa shape index (κ1) is 13.6. The summed E-state index contributed by atoms with van der Waals surface area (Å²) in [6, 6.07) is 5.75. The monoisotopic (exact) mass is 397 g/mol. The standard InChI is InChI=1S/C14H12IN3OS/c1-9-3-2-4-11(12(9)15)13(19)16-7-10-8-18-5-6-20-14(18)17-10/h2-6,8H,7H2,1H3,(H,16,19). The van der Waals surface area contributed by atoms with Gasteiger partial charge >= 0.3 is 0 Å². The highest BCUT2D eigenvalue weighted by Gasteiger charge is 2.11. The number of imidazole rings is 1. The van der Waals surface area contributed by atoms with Crippen molar-refractivity contribution >= 4 is 44.8 Å². The van der Waals surface area contributed by atoms with E-state index in [4.69, 9.17) is 0 Å². The van der Waals surface area contributed by atoms with Gasteiger partial charge in [0, 0.05) is 21.3 Å². The minimum Gasteiger partial charge on any atom is -0.346 e. The van der Waals surface area contributed by atoms with E-state index in [1.807, 2.05) is 47.3 Å². The van der Waals surface area contributed by atoms with E-state index < -0.39 is 0 Å². The lowest BCUT2D eigenvalue weighted by molar-refractivity contribution is 0.0949. The van der Waals surface area contributed by atoms with Crippen LogP contribution in [0.5, 0.6) is 0 Å². The molecule has 1 aromatic carbocycles. The number of nitrogens with zero attached hydrogens (tertiary/aromatic N) is 2. The van der Waals surface area contributed by atoms with Crippen LogP contribution >= 0.6 is 33.9 Å². The zero-order valence-corrected chi connectivity index (χ0v) is 13.7. The number of hydrogen-bond donors (Lipinski definition) is 1. The Balaban J connectivity index is 1.73. The summed E-state index contributed by atoms with van der Waals surface area (Å²) in [6.07, 6.45) is 3.90. The average molecular weight is 397 g/mol. The summed E-state index contributed by atoms with van der Waals surface area (Å²) in [5.41, 5.74) is 2.69. The molecule has 0 aliphatic heterocycles. The molecule has 0 saturated carbocycles. The molecule has 3 rings (SSSR count). The topological polar surface area (TPSA) is 46.4 Å². The van der Waals surface area contributed by atoms with Gasteiger partial charge in [0.15, 0.2) is 4.96 Å². The Morgan fingerprint density at radius 2 is 2.35 bits per heavy atom. The second-order valence-corrected chi connectivity index (χ2v) is 6.40. The summed E-state index contributed by atoms with van der Waals surface area (Å²) in [6.45, 7) is 2.44. The molecule has 3 aromatic rings. The number of halogens is 1. The van der Waals surface area contributed by atoms with Crippen LogP contribution in [0.15, 0.2) is 36.0 Å². The highest BCUT2D eigenvalue weighted by molar-refractivity contribution is 14.1. The third-order valence-corrected chi connectivity index (χ3v) is 5.21. The first-order valence-electron chi connectivity index (χ1n) is 6.09. The number of fused-ring (bicyclic) bond motifs is 1. The highest BCUT2D eigenvalue weighted by Crippen LogP contribution is 2.17. The second-order valence-electron chi connectivity index (χ2n) is 4.44. The van der Waals surface area contributed by atoms with Crippen molar-refractivity contribution in [3.05, 3.63) is 56.4 Å². The van der Waals surface area contributed by atoms with Crippen LogP contribution in [0.4, 0.5) is 0 Å². The Morgan fingerprint density at radius 3 is 3.15 bits per heavy atom. The molecular weight excluding hydrogens is 385 g/mol. The molecule has 4 nitrogen and oxygen atoms in total. The molecule has 0 aliphatic carbocycles. The molecule has 0 bridgehead atoms. The van der Waals surface area contributed by atoms with Crippen LogP contribution in [-0.2, 0) is 6.54 Å². The van der Waals surface area contributed by atoms with E-state index in [0.29, 0.717) is 12.1 Å². The van der Waals surface area contributed by atoms with E-state index in [1.54, 1.807) is 11.3 Å². The molecule has 0 aliphatic rings. The van der Waals surface area contributed by atoms with Gasteiger partial charge in [0.1, 0.15) is 0 Å². The molecule has 0 fully saturated rings. The average Bonchev–Trinajstić information content (AvgIpc) is 3.00. The van der Waals surface area contributed by atoms with E-state index in [0.717, 1.165) is 19.8 Å². The third-order valence-electron chi connectivity index (χ3n) is 3.01. The molecule has 1 amide bonds. The molecule has 2 heterocycles. The molecule has 0 saturated heterocycles. The van der Waals surface area contributed by atoms with Crippen molar-refractivity contribution < 1.29 is 4.79 Å². The van der Waals surface area contributed by atoms with Crippen LogP contribution in [0, 0.1) is 10.5 Å². The van der Waals surface area contributed by atoms with Gasteiger partial charge in [-0.15, -0.1) is 11.3 Å². The maximum Gasteiger partial charge on any atom is 0.252 e. The summed E-state index contributed by atoms with van der Waals surface area (Å²) in [5, 5.41) is 4.91. The number of aryl methyl sites for hydroxylation is 1. The largest absolute Gasteiger partial charge is 0.346 e. The van der Waals surface area contributed by atoms with Crippen molar-refractivity contribution in [1.82, 2.24) is 14.7 Å². The van der Waals surface area contributed by atoms with Gasteiger partial charge in [-0.05, 0) is 41.1 Å². The molecule has 0 radical (unpaired) electrons. The Morgan fingerprint density at radius 1 is 1.50 bits per heavy atom. The van der Waals surface area contributed by atoms with Gasteiger partial charge in [0.2, 0.25) is 0 Å². The fourth-order valence-corrected chi connectivity index (χ4v) is 3.27. The summed E-state index contributed by atoms with van der Waals surface area (Å²) in [5.74, 6) is -0.0607. The van der Waals surface area contributed by atoms with Crippen molar-refractivity contribution in [2.45, 2.75) is 13.5 Å². The van der Waals surface area contributed by atoms with Gasteiger partial charge in [-0.3, -0.25) is 9.20 Å². The number of rotatable bonds is 3. The predicted molar refractivity (Wildman–Crippen MR) is 88.1 cm³/mol. The Bertz CT molecular complexity index is 749. The van der Waals surface area contributed by atoms with Gasteiger partial charge in [0.25, 0.3) is 5.91 Å². The molecule has 6 heteroatoms. The molecule has 0 unspecified atom stereocenters. The van der Waals surface area contributed by atoms with Crippen LogP contribution in [0.2, 0.25) is 0 Å². The number of aromatic nitrogens is 2. The smallest absolute Gasteiger partial charge is 0.252 e. The molecule has 2 aromatic heterocycles. The van der Waals surface area contributed by atoms with Crippen LogP contribution in [0.25, 0.3) is 4.96 Å². The van der Waals surface area contributed by atoms with Gasteiger partial charge in [-0.2, -0.15) is 0 Å². The van der Waals surface area contributed by atoms with Gasteiger partial charge in [-0.1, -0.05) is 12.1 Å². The first-order chi connectivity index (χ1) is 9.65. The van der Waals surface area contributed by atoms with Crippen molar-refractivity contribution in [2.24, 2.45) is 0 Å². The van der Waals surface area contributed by atoms with Crippen LogP contribution in [-0.4, -0.2) is 15.3 Å². The number of hydrogen-bond acceptors (Lipinski definition) is 3. The highest BCUT2D eigenvalue weighted by atomic mass is 127. The van der Waals surface area contributed by atoms with Gasteiger partial charge in [-0.25, -0.2) is 4.98 Å². The molecule has 102 valence electrons. The number of carbonyl (C=O) groups excluding carboxylic acids is 1. The van der Waals surface area contributed by atoms with Gasteiger partial charge in [0.05, 0.1) is 17.8 Å². The predicted octanol–water partition coefficient (Wildman–Crippen LogP) is 3.24. The van der Waals surface area contributed by atoms with Crippen molar-refractivity contribution in [3.63, 3.8) is 0 Å². The second kappa shape index (κ2) is 5.53. The van der Waals surface area contributed by atoms with E-state index in [1.165, 1.54) is 0 Å². The lowest BCUT2D eigenvalue weighted by Gasteiger charge is -2.07. The Labute approximate surface area is 134 Å². The summed E-state index contributed by atoms with van der Waals surface area (Å²) in [4.78, 5) is 17.6. The van der Waals surface area contributed by atoms with Gasteiger partial charge < -0.3 is 5.32 Å². The van der Waals surface area contributed by atoms with Crippen LogP contribution in [0.3, 0.4) is 0 Å². The summed E-state index contributed by atoms with van der Waals surface area (Å²) < 4.78 is 2.95. The molecule has 0 atom stereocenters. The number of benzene rings is 1. The maximum atomic E-state index is 12.2. The number of nitrogens with one attached hydrogen (secondary N) is 1. The Hall–Kier alpha value is -1.41. The molecule has 20 heavy (non-hydrogen) atoms. The summed E-state index contributed by atoms with van der Waals surface area (Å²) >= 11 is 3.79. The van der Waals surface area contributed by atoms with Crippen molar-refractivity contribution in [2.75, 3.05) is 0 Å². The van der Waals surface area contributed by atoms with Crippen molar-refractivity contribution in [3.8, 4) is 0 Å². The fraction of sp³-hybridized carbons (Fsp3) is 0.143. The minimum absolute atomic E-state index is 0.0607. The van der Waals surface area contributed by atoms with E-state index in [-0.39, 0.29) is 5.91 Å². The SMILES string of the molecule is Cc1cccc(C(=O)NCc2cn3ccsc3n2)c1I. The van der Waals surface area contributed by atoms with Crippen molar-refractivity contribution in [1.29, 1.82) is 0 Å². The molecule has 1 N–H and O–H groups in total. The minimum atomic E-state index is -0.0607. The van der Waals surface area contributed by atoms with E-state index in [2.05, 4.69) is 32.9 Å². The van der Waals surface area contributed by atoms with Crippen LogP contribution < -0.4 is 5.32 Å². The zero-order valence-electron chi connectivity index (χ0n) is 10.8. The lowest BCUT2D eigenvalue weighted by Crippen LogP contribution is -2.24. The Kier molecular flexibility index (Phi) is 3.75. The fourth-order valence-electron chi connectivity index (χ4n) is 1.95. The normalized spacial score (nSPS) is 10.9. The lowest BCUT2D eigenvalue weighted by atomic mass is 10.1. The molecular formula is C14H12IN3OS. The third kappa shape index (κ3) is 2.57. The summed E-state index contributed by atoms with van der Waals surface area (Å²) in [7, 11) is 0. The van der Waals surface area contributed by atoms with E-state index in [9.17, 15) is 4.79 Å². The number of thiazole rings is 1. The van der Waals surface area contributed by atoms with E-state index >= 15 is 0 Å². The maximum absolute atomic E-state index is 12.2. The first-order valence-corrected chi connectivity index (χ1v) is 8.05. The van der Waals surface area contributed by atoms with Crippen LogP contribution in [0.1, 0.15) is 21.6 Å². The number of carbonyl (C=O) groups is 1. The zero-order chi connectivity index (χ0) is 14.1.